The molecule has 3 rings (SSSR count). The second-order valence-corrected chi connectivity index (χ2v) is 7.06. The summed E-state index contributed by atoms with van der Waals surface area (Å²) in [5, 5.41) is 3.60. The zero-order chi connectivity index (χ0) is 14.9. The van der Waals surface area contributed by atoms with Gasteiger partial charge in [0, 0.05) is 31.1 Å². The summed E-state index contributed by atoms with van der Waals surface area (Å²) in [5.41, 5.74) is 2.66. The summed E-state index contributed by atoms with van der Waals surface area (Å²) in [4.78, 5) is 2.54. The fraction of sp³-hybridized carbons (Fsp3) is 0.667. The quantitative estimate of drug-likeness (QED) is 0.901. The van der Waals surface area contributed by atoms with Crippen molar-refractivity contribution in [3.8, 4) is 5.75 Å². The number of benzene rings is 1. The number of likely N-dealkylation sites (N-methyl/N-ethyl adjacent to an activating group) is 1. The number of fused-ring (bicyclic) bond motifs is 1. The summed E-state index contributed by atoms with van der Waals surface area (Å²) in [6.45, 7) is 11.0. The molecule has 0 bridgehead atoms. The maximum atomic E-state index is 6.20. The van der Waals surface area contributed by atoms with Crippen LogP contribution in [0.25, 0.3) is 0 Å². The molecule has 1 unspecified atom stereocenters. The van der Waals surface area contributed by atoms with Crippen LogP contribution in [0.2, 0.25) is 0 Å². The van der Waals surface area contributed by atoms with Gasteiger partial charge in [-0.15, -0.1) is 0 Å². The van der Waals surface area contributed by atoms with E-state index in [0.717, 1.165) is 31.8 Å². The van der Waals surface area contributed by atoms with Gasteiger partial charge < -0.3 is 10.1 Å². The molecule has 2 aliphatic heterocycles. The van der Waals surface area contributed by atoms with E-state index >= 15 is 0 Å². The lowest BCUT2D eigenvalue weighted by atomic mass is 10.0. The molecule has 0 aromatic heterocycles. The van der Waals surface area contributed by atoms with Crippen molar-refractivity contribution in [1.29, 1.82) is 0 Å². The van der Waals surface area contributed by atoms with Gasteiger partial charge in [-0.3, -0.25) is 4.90 Å². The molecule has 21 heavy (non-hydrogen) atoms. The van der Waals surface area contributed by atoms with E-state index in [2.05, 4.69) is 49.2 Å². The predicted octanol–water partition coefficient (Wildman–Crippen LogP) is 2.97. The highest BCUT2D eigenvalue weighted by Gasteiger charge is 2.31. The molecule has 2 heterocycles. The number of rotatable bonds is 5. The van der Waals surface area contributed by atoms with Gasteiger partial charge in [-0.2, -0.15) is 0 Å². The highest BCUT2D eigenvalue weighted by Crippen LogP contribution is 2.38. The molecule has 1 aromatic rings. The van der Waals surface area contributed by atoms with Crippen molar-refractivity contribution < 1.29 is 4.74 Å². The first-order chi connectivity index (χ1) is 10.1. The normalized spacial score (nSPS) is 23.3. The van der Waals surface area contributed by atoms with Gasteiger partial charge >= 0.3 is 0 Å². The number of hydrogen-bond acceptors (Lipinski definition) is 3. The van der Waals surface area contributed by atoms with Crippen LogP contribution in [0.3, 0.4) is 0 Å². The molecule has 0 aliphatic carbocycles. The molecular formula is C18H28N2O. The summed E-state index contributed by atoms with van der Waals surface area (Å²) in [6.07, 6.45) is 3.65. The van der Waals surface area contributed by atoms with E-state index in [9.17, 15) is 0 Å². The first-order valence-electron chi connectivity index (χ1n) is 8.33. The fourth-order valence-electron chi connectivity index (χ4n) is 3.57. The zero-order valence-corrected chi connectivity index (χ0v) is 13.6. The molecule has 0 radical (unpaired) electrons. The van der Waals surface area contributed by atoms with Crippen molar-refractivity contribution in [2.45, 2.75) is 58.2 Å². The van der Waals surface area contributed by atoms with Gasteiger partial charge in [0.1, 0.15) is 11.4 Å². The molecule has 0 amide bonds. The Morgan fingerprint density at radius 2 is 2.24 bits per heavy atom. The number of para-hydroxylation sites is 1. The minimum absolute atomic E-state index is 0.0531. The Labute approximate surface area is 128 Å². The molecule has 1 N–H and O–H groups in total. The lowest BCUT2D eigenvalue weighted by Gasteiger charge is -2.25. The van der Waals surface area contributed by atoms with Gasteiger partial charge in [0.15, 0.2) is 0 Å². The maximum absolute atomic E-state index is 6.20. The smallest absolute Gasteiger partial charge is 0.127 e. The number of hydrogen-bond donors (Lipinski definition) is 1. The van der Waals surface area contributed by atoms with Crippen molar-refractivity contribution in [3.05, 3.63) is 29.3 Å². The molecule has 1 aromatic carbocycles. The molecule has 1 atom stereocenters. The first kappa shape index (κ1) is 14.9. The Hall–Kier alpha value is -1.06. The molecule has 1 fully saturated rings. The van der Waals surface area contributed by atoms with E-state index in [4.69, 9.17) is 4.74 Å². The highest BCUT2D eigenvalue weighted by molar-refractivity contribution is 5.45. The Balaban J connectivity index is 1.71. The molecular weight excluding hydrogens is 260 g/mol. The van der Waals surface area contributed by atoms with Gasteiger partial charge in [0.2, 0.25) is 0 Å². The van der Waals surface area contributed by atoms with Gasteiger partial charge in [0.05, 0.1) is 0 Å². The predicted molar refractivity (Wildman–Crippen MR) is 86.8 cm³/mol. The van der Waals surface area contributed by atoms with Crippen molar-refractivity contribution in [2.24, 2.45) is 0 Å². The summed E-state index contributed by atoms with van der Waals surface area (Å²) >= 11 is 0. The molecule has 1 saturated heterocycles. The number of ether oxygens (including phenoxy) is 1. The van der Waals surface area contributed by atoms with Gasteiger partial charge in [-0.1, -0.05) is 25.1 Å². The van der Waals surface area contributed by atoms with Crippen LogP contribution in [0.1, 0.15) is 44.7 Å². The molecule has 3 heteroatoms. The van der Waals surface area contributed by atoms with Crippen molar-refractivity contribution in [1.82, 2.24) is 10.2 Å². The fourth-order valence-corrected chi connectivity index (χ4v) is 3.57. The first-order valence-corrected chi connectivity index (χ1v) is 8.33. The molecule has 0 spiro atoms. The van der Waals surface area contributed by atoms with Crippen molar-refractivity contribution in [3.63, 3.8) is 0 Å². The van der Waals surface area contributed by atoms with E-state index in [0.29, 0.717) is 6.04 Å². The molecule has 116 valence electrons. The second-order valence-electron chi connectivity index (χ2n) is 7.06. The summed E-state index contributed by atoms with van der Waals surface area (Å²) in [7, 11) is 0. The van der Waals surface area contributed by atoms with Gasteiger partial charge in [-0.05, 0) is 45.3 Å². The van der Waals surface area contributed by atoms with Crippen LogP contribution >= 0.6 is 0 Å². The maximum Gasteiger partial charge on any atom is 0.127 e. The Kier molecular flexibility index (Phi) is 4.23. The van der Waals surface area contributed by atoms with Crippen LogP contribution in [0.4, 0.5) is 0 Å². The summed E-state index contributed by atoms with van der Waals surface area (Å²) < 4.78 is 6.20. The van der Waals surface area contributed by atoms with E-state index in [-0.39, 0.29) is 5.60 Å². The Bertz CT molecular complexity index is 492. The monoisotopic (exact) mass is 288 g/mol. The summed E-state index contributed by atoms with van der Waals surface area (Å²) in [5.74, 6) is 1.14. The molecule has 2 aliphatic rings. The third kappa shape index (κ3) is 3.41. The largest absolute Gasteiger partial charge is 0.487 e. The lowest BCUT2D eigenvalue weighted by Crippen LogP contribution is -2.37. The SMILES string of the molecule is CCN(Cc1cccc2c1OC(C)(C)C2)CC1CCCN1. The third-order valence-electron chi connectivity index (χ3n) is 4.65. The average molecular weight is 288 g/mol. The number of nitrogens with zero attached hydrogens (tertiary/aromatic N) is 1. The van der Waals surface area contributed by atoms with Crippen LogP contribution in [0, 0.1) is 0 Å². The highest BCUT2D eigenvalue weighted by atomic mass is 16.5. The van der Waals surface area contributed by atoms with E-state index in [1.807, 2.05) is 0 Å². The van der Waals surface area contributed by atoms with Crippen LogP contribution in [0.15, 0.2) is 18.2 Å². The lowest BCUT2D eigenvalue weighted by molar-refractivity contribution is 0.135. The van der Waals surface area contributed by atoms with Crippen LogP contribution in [-0.2, 0) is 13.0 Å². The summed E-state index contributed by atoms with van der Waals surface area (Å²) in [6, 6.07) is 7.28. The zero-order valence-electron chi connectivity index (χ0n) is 13.6. The molecule has 0 saturated carbocycles. The Morgan fingerprint density at radius 1 is 1.38 bits per heavy atom. The van der Waals surface area contributed by atoms with Crippen LogP contribution in [0.5, 0.6) is 5.75 Å². The third-order valence-corrected chi connectivity index (χ3v) is 4.65. The average Bonchev–Trinajstić information content (AvgIpc) is 3.04. The second kappa shape index (κ2) is 5.98. The van der Waals surface area contributed by atoms with Crippen LogP contribution in [-0.4, -0.2) is 36.2 Å². The Morgan fingerprint density at radius 3 is 2.95 bits per heavy atom. The molecule has 3 nitrogen and oxygen atoms in total. The van der Waals surface area contributed by atoms with Crippen molar-refractivity contribution in [2.75, 3.05) is 19.6 Å². The van der Waals surface area contributed by atoms with E-state index in [1.165, 1.54) is 30.5 Å². The van der Waals surface area contributed by atoms with Crippen molar-refractivity contribution >= 4 is 0 Å². The van der Waals surface area contributed by atoms with E-state index in [1.54, 1.807) is 0 Å². The minimum atomic E-state index is -0.0531. The van der Waals surface area contributed by atoms with Crippen LogP contribution < -0.4 is 10.1 Å². The topological polar surface area (TPSA) is 24.5 Å². The number of nitrogens with one attached hydrogen (secondary N) is 1. The van der Waals surface area contributed by atoms with Gasteiger partial charge in [-0.25, -0.2) is 0 Å². The standard InChI is InChI=1S/C18H28N2O/c1-4-20(13-16-9-6-10-19-16)12-15-8-5-7-14-11-18(2,3)21-17(14)15/h5,7-8,16,19H,4,6,9-13H2,1-3H3. The van der Waals surface area contributed by atoms with E-state index < -0.39 is 0 Å². The minimum Gasteiger partial charge on any atom is -0.487 e. The van der Waals surface area contributed by atoms with Gasteiger partial charge in [0.25, 0.3) is 0 Å².